The summed E-state index contributed by atoms with van der Waals surface area (Å²) < 4.78 is 78.8. The van der Waals surface area contributed by atoms with Crippen LogP contribution in [0.25, 0.3) is 0 Å². The predicted molar refractivity (Wildman–Crippen MR) is 106 cm³/mol. The SMILES string of the molecule is Cc1cccc(C)c1OCc1cc(Oc2c(F)c(F)c(F)c(F)c2F)ccc1C(=O)C=N. The van der Waals surface area contributed by atoms with Crippen LogP contribution in [0.15, 0.2) is 36.4 Å². The molecule has 0 spiro atoms. The molecule has 0 saturated carbocycles. The molecule has 0 bridgehead atoms. The minimum absolute atomic E-state index is 0.0519. The van der Waals surface area contributed by atoms with Crippen LogP contribution in [0.1, 0.15) is 27.0 Å². The molecule has 3 aromatic carbocycles. The van der Waals surface area contributed by atoms with E-state index in [1.807, 2.05) is 32.0 Å². The Hall–Kier alpha value is -3.75. The van der Waals surface area contributed by atoms with Crippen LogP contribution < -0.4 is 9.47 Å². The van der Waals surface area contributed by atoms with Crippen molar-refractivity contribution in [2.24, 2.45) is 0 Å². The zero-order chi connectivity index (χ0) is 23.6. The number of ketones is 1. The van der Waals surface area contributed by atoms with E-state index in [0.717, 1.165) is 17.2 Å². The van der Waals surface area contributed by atoms with Crippen molar-refractivity contribution in [3.05, 3.63) is 87.7 Å². The van der Waals surface area contributed by atoms with Gasteiger partial charge in [-0.1, -0.05) is 18.2 Å². The monoisotopic (exact) mass is 449 g/mol. The maximum atomic E-state index is 14.0. The molecule has 3 aromatic rings. The Balaban J connectivity index is 2.00. The van der Waals surface area contributed by atoms with Crippen molar-refractivity contribution in [1.29, 1.82) is 5.41 Å². The fourth-order valence-corrected chi connectivity index (χ4v) is 3.04. The number of hydrogen-bond donors (Lipinski definition) is 1. The first kappa shape index (κ1) is 22.9. The zero-order valence-electron chi connectivity index (χ0n) is 16.9. The fourth-order valence-electron chi connectivity index (χ4n) is 3.04. The highest BCUT2D eigenvalue weighted by Gasteiger charge is 2.27. The van der Waals surface area contributed by atoms with Crippen LogP contribution >= 0.6 is 0 Å². The minimum atomic E-state index is -2.30. The lowest BCUT2D eigenvalue weighted by molar-refractivity contribution is 0.106. The van der Waals surface area contributed by atoms with Crippen LogP contribution in [0.4, 0.5) is 22.0 Å². The summed E-state index contributed by atoms with van der Waals surface area (Å²) in [6.07, 6.45) is 0.572. The average molecular weight is 449 g/mol. The number of para-hydroxylation sites is 1. The average Bonchev–Trinajstić information content (AvgIpc) is 2.78. The van der Waals surface area contributed by atoms with Gasteiger partial charge < -0.3 is 14.9 Å². The van der Waals surface area contributed by atoms with Gasteiger partial charge in [-0.2, -0.15) is 8.78 Å². The van der Waals surface area contributed by atoms with E-state index >= 15 is 0 Å². The molecule has 0 aliphatic heterocycles. The third kappa shape index (κ3) is 4.32. The third-order valence-electron chi connectivity index (χ3n) is 4.64. The Morgan fingerprint density at radius 3 is 2.00 bits per heavy atom. The second kappa shape index (κ2) is 9.17. The maximum absolute atomic E-state index is 14.0. The van der Waals surface area contributed by atoms with Crippen molar-refractivity contribution in [2.75, 3.05) is 0 Å². The highest BCUT2D eigenvalue weighted by Crippen LogP contribution is 2.34. The summed E-state index contributed by atoms with van der Waals surface area (Å²) in [5, 5.41) is 7.20. The van der Waals surface area contributed by atoms with E-state index < -0.39 is 40.6 Å². The fraction of sp³-hybridized carbons (Fsp3) is 0.130. The van der Waals surface area contributed by atoms with E-state index in [1.54, 1.807) is 0 Å². The lowest BCUT2D eigenvalue weighted by Gasteiger charge is -2.15. The first-order chi connectivity index (χ1) is 15.1. The second-order valence-corrected chi connectivity index (χ2v) is 6.84. The van der Waals surface area contributed by atoms with Crippen LogP contribution in [-0.2, 0) is 6.61 Å². The molecular weight excluding hydrogens is 433 g/mol. The van der Waals surface area contributed by atoms with Gasteiger partial charge in [0, 0.05) is 11.1 Å². The molecule has 0 aliphatic rings. The van der Waals surface area contributed by atoms with Crippen LogP contribution in [0.3, 0.4) is 0 Å². The highest BCUT2D eigenvalue weighted by molar-refractivity contribution is 6.34. The van der Waals surface area contributed by atoms with Crippen molar-refractivity contribution in [3.8, 4) is 17.2 Å². The van der Waals surface area contributed by atoms with Gasteiger partial charge in [0.15, 0.2) is 0 Å². The summed E-state index contributed by atoms with van der Waals surface area (Å²) in [7, 11) is 0. The molecule has 0 fully saturated rings. The molecule has 4 nitrogen and oxygen atoms in total. The number of nitrogens with one attached hydrogen (secondary N) is 1. The number of carbonyl (C=O) groups excluding carboxylic acids is 1. The molecule has 0 heterocycles. The van der Waals surface area contributed by atoms with Crippen molar-refractivity contribution in [1.82, 2.24) is 0 Å². The lowest BCUT2D eigenvalue weighted by Crippen LogP contribution is -2.09. The van der Waals surface area contributed by atoms with Crippen LogP contribution in [0.5, 0.6) is 17.2 Å². The summed E-state index contributed by atoms with van der Waals surface area (Å²) in [6, 6.07) is 8.95. The molecule has 32 heavy (non-hydrogen) atoms. The quantitative estimate of drug-likeness (QED) is 0.154. The van der Waals surface area contributed by atoms with E-state index in [4.69, 9.17) is 14.9 Å². The van der Waals surface area contributed by atoms with Gasteiger partial charge in [0.25, 0.3) is 0 Å². The molecule has 166 valence electrons. The maximum Gasteiger partial charge on any atom is 0.207 e. The topological polar surface area (TPSA) is 59.4 Å². The molecule has 3 rings (SSSR count). The number of aryl methyl sites for hydroxylation is 2. The normalized spacial score (nSPS) is 10.7. The molecule has 0 unspecified atom stereocenters. The van der Waals surface area contributed by atoms with E-state index in [0.29, 0.717) is 12.0 Å². The van der Waals surface area contributed by atoms with Crippen molar-refractivity contribution < 1.29 is 36.2 Å². The summed E-state index contributed by atoms with van der Waals surface area (Å²) in [4.78, 5) is 12.1. The molecule has 0 aliphatic carbocycles. The highest BCUT2D eigenvalue weighted by atomic mass is 19.2. The molecule has 0 amide bonds. The molecule has 0 aromatic heterocycles. The van der Waals surface area contributed by atoms with Crippen LogP contribution in [0, 0.1) is 48.3 Å². The second-order valence-electron chi connectivity index (χ2n) is 6.84. The zero-order valence-corrected chi connectivity index (χ0v) is 16.9. The van der Waals surface area contributed by atoms with Gasteiger partial charge in [-0.25, -0.2) is 13.2 Å². The first-order valence-corrected chi connectivity index (χ1v) is 9.21. The molecule has 0 radical (unpaired) electrons. The first-order valence-electron chi connectivity index (χ1n) is 9.21. The molecule has 0 atom stereocenters. The Morgan fingerprint density at radius 2 is 1.44 bits per heavy atom. The minimum Gasteiger partial charge on any atom is -0.488 e. The van der Waals surface area contributed by atoms with Crippen LogP contribution in [-0.4, -0.2) is 12.0 Å². The Bertz CT molecular complexity index is 1180. The van der Waals surface area contributed by atoms with Crippen molar-refractivity contribution >= 4 is 12.0 Å². The summed E-state index contributed by atoms with van der Waals surface area (Å²) in [6.45, 7) is 3.44. The number of Topliss-reactive ketones (excluding diaryl/α,β-unsaturated/α-hetero) is 1. The lowest BCUT2D eigenvalue weighted by atomic mass is 10.0. The molecule has 1 N–H and O–H groups in total. The van der Waals surface area contributed by atoms with E-state index in [9.17, 15) is 26.7 Å². The largest absolute Gasteiger partial charge is 0.488 e. The van der Waals surface area contributed by atoms with Crippen LogP contribution in [0.2, 0.25) is 0 Å². The number of hydrogen-bond acceptors (Lipinski definition) is 4. The predicted octanol–water partition coefficient (Wildman–Crippen LogP) is 6.20. The van der Waals surface area contributed by atoms with Crippen molar-refractivity contribution in [2.45, 2.75) is 20.5 Å². The third-order valence-corrected chi connectivity index (χ3v) is 4.64. The summed E-state index contributed by atoms with van der Waals surface area (Å²) >= 11 is 0. The van der Waals surface area contributed by atoms with Gasteiger partial charge in [0.2, 0.25) is 40.6 Å². The smallest absolute Gasteiger partial charge is 0.207 e. The molecular formula is C23H16F5NO3. The number of halogens is 5. The van der Waals surface area contributed by atoms with E-state index in [2.05, 4.69) is 0 Å². The number of rotatable bonds is 7. The van der Waals surface area contributed by atoms with Gasteiger partial charge in [0.1, 0.15) is 18.1 Å². The van der Waals surface area contributed by atoms with Gasteiger partial charge in [-0.15, -0.1) is 0 Å². The summed E-state index contributed by atoms with van der Waals surface area (Å²) in [5.74, 6) is -12.8. The van der Waals surface area contributed by atoms with E-state index in [1.165, 1.54) is 12.1 Å². The van der Waals surface area contributed by atoms with Gasteiger partial charge in [-0.3, -0.25) is 4.79 Å². The van der Waals surface area contributed by atoms with Gasteiger partial charge in [0.05, 0.1) is 6.21 Å². The standard InChI is InChI=1S/C23H16F5NO3/c1-11-4-3-5-12(2)22(11)31-10-13-8-14(6-7-15(13)16(30)9-29)32-23-20(27)18(25)17(24)19(26)21(23)28/h3-9,29H,10H2,1-2H3. The van der Waals surface area contributed by atoms with Gasteiger partial charge in [-0.05, 0) is 43.2 Å². The number of benzene rings is 3. The number of carbonyl (C=O) groups is 1. The Kier molecular flexibility index (Phi) is 6.57. The van der Waals surface area contributed by atoms with Gasteiger partial charge >= 0.3 is 0 Å². The Morgan fingerprint density at radius 1 is 0.875 bits per heavy atom. The summed E-state index contributed by atoms with van der Waals surface area (Å²) in [5.41, 5.74) is 1.87. The molecule has 9 heteroatoms. The Labute approximate surface area is 179 Å². The number of ether oxygens (including phenoxy) is 2. The molecule has 0 saturated heterocycles. The van der Waals surface area contributed by atoms with Crippen molar-refractivity contribution in [3.63, 3.8) is 0 Å². The van der Waals surface area contributed by atoms with E-state index in [-0.39, 0.29) is 23.5 Å².